The molecule has 0 unspecified atom stereocenters. The Bertz CT molecular complexity index is 1200. The predicted molar refractivity (Wildman–Crippen MR) is 123 cm³/mol. The highest BCUT2D eigenvalue weighted by Crippen LogP contribution is 2.47. The van der Waals surface area contributed by atoms with E-state index in [-0.39, 0.29) is 17.3 Å². The minimum Gasteiger partial charge on any atom is -0.364 e. The van der Waals surface area contributed by atoms with Gasteiger partial charge in [-0.1, -0.05) is 11.1 Å². The second kappa shape index (κ2) is 8.88. The molecule has 2 heterocycles. The lowest BCUT2D eigenvalue weighted by molar-refractivity contribution is -0.138. The van der Waals surface area contributed by atoms with Crippen molar-refractivity contribution in [1.29, 1.82) is 0 Å². The Hall–Kier alpha value is -2.76. The zero-order valence-electron chi connectivity index (χ0n) is 19.2. The number of hydrogen-bond donors (Lipinski definition) is 0. The van der Waals surface area contributed by atoms with E-state index in [1.54, 1.807) is 6.92 Å². The van der Waals surface area contributed by atoms with Crippen LogP contribution in [0.3, 0.4) is 0 Å². The number of aromatic nitrogens is 1. The summed E-state index contributed by atoms with van der Waals surface area (Å²) in [6.07, 6.45) is 2.95. The van der Waals surface area contributed by atoms with Gasteiger partial charge in [-0.25, -0.2) is 12.7 Å². The van der Waals surface area contributed by atoms with E-state index in [0.29, 0.717) is 44.5 Å². The van der Waals surface area contributed by atoms with Gasteiger partial charge in [0, 0.05) is 37.6 Å². The topological polar surface area (TPSA) is 97.6 Å². The highest BCUT2D eigenvalue weighted by Gasteiger charge is 2.48. The summed E-state index contributed by atoms with van der Waals surface area (Å²) in [5.74, 6) is 4.83. The first-order valence-corrected chi connectivity index (χ1v) is 12.7. The monoisotopic (exact) mass is 468 g/mol. The van der Waals surface area contributed by atoms with Gasteiger partial charge >= 0.3 is 0 Å². The average Bonchev–Trinajstić information content (AvgIpc) is 3.22. The number of ketones is 2. The van der Waals surface area contributed by atoms with E-state index in [1.807, 2.05) is 26.0 Å². The van der Waals surface area contributed by atoms with Crippen molar-refractivity contribution < 1.29 is 22.5 Å². The molecule has 0 N–H and O–H groups in total. The summed E-state index contributed by atoms with van der Waals surface area (Å²) in [7, 11) is -3.53. The predicted octanol–water partition coefficient (Wildman–Crippen LogP) is 3.29. The van der Waals surface area contributed by atoms with Crippen LogP contribution in [0, 0.1) is 31.1 Å². The Balaban J connectivity index is 1.48. The summed E-state index contributed by atoms with van der Waals surface area (Å²) in [6, 6.07) is 5.40. The van der Waals surface area contributed by atoms with Gasteiger partial charge < -0.3 is 4.52 Å². The highest BCUT2D eigenvalue weighted by molar-refractivity contribution is 7.88. The second-order valence-corrected chi connectivity index (χ2v) is 11.2. The molecule has 2 fully saturated rings. The highest BCUT2D eigenvalue weighted by atomic mass is 32.2. The van der Waals surface area contributed by atoms with Gasteiger partial charge in [0.1, 0.15) is 29.5 Å². The van der Waals surface area contributed by atoms with Crippen molar-refractivity contribution in [2.45, 2.75) is 58.1 Å². The third kappa shape index (κ3) is 4.66. The van der Waals surface area contributed by atoms with Crippen molar-refractivity contribution in [2.24, 2.45) is 5.41 Å². The van der Waals surface area contributed by atoms with Crippen LogP contribution in [0.25, 0.3) is 0 Å². The molecule has 1 aromatic heterocycles. The molecule has 33 heavy (non-hydrogen) atoms. The molecule has 174 valence electrons. The van der Waals surface area contributed by atoms with Gasteiger partial charge in [-0.05, 0) is 67.9 Å². The third-order valence-corrected chi connectivity index (χ3v) is 8.70. The quantitative estimate of drug-likeness (QED) is 0.505. The number of nitrogens with zero attached hydrogens (tertiary/aromatic N) is 2. The first-order chi connectivity index (χ1) is 15.6. The van der Waals surface area contributed by atoms with Crippen LogP contribution in [-0.4, -0.2) is 42.5 Å². The Morgan fingerprint density at radius 3 is 2.24 bits per heavy atom. The maximum absolute atomic E-state index is 13.3. The lowest BCUT2D eigenvalue weighted by Crippen LogP contribution is -2.48. The molecule has 0 radical (unpaired) electrons. The summed E-state index contributed by atoms with van der Waals surface area (Å²) in [5, 5.41) is 3.69. The molecule has 2 aliphatic rings. The fraction of sp³-hybridized carbons (Fsp3) is 0.480. The van der Waals surface area contributed by atoms with Gasteiger partial charge in [0.2, 0.25) is 10.0 Å². The number of carbonyl (C=O) groups excluding carboxylic acids is 2. The van der Waals surface area contributed by atoms with Crippen LogP contribution in [0.15, 0.2) is 29.0 Å². The van der Waals surface area contributed by atoms with E-state index in [1.165, 1.54) is 16.6 Å². The summed E-state index contributed by atoms with van der Waals surface area (Å²) >= 11 is 0. The van der Waals surface area contributed by atoms with E-state index < -0.39 is 21.4 Å². The van der Waals surface area contributed by atoms with Crippen molar-refractivity contribution in [2.75, 3.05) is 13.1 Å². The average molecular weight is 469 g/mol. The maximum Gasteiger partial charge on any atom is 0.219 e. The van der Waals surface area contributed by atoms with Crippen molar-refractivity contribution in [3.05, 3.63) is 52.4 Å². The normalized spacial score (nSPS) is 19.5. The van der Waals surface area contributed by atoms with Crippen LogP contribution >= 0.6 is 0 Å². The molecule has 2 aromatic rings. The minimum atomic E-state index is -3.53. The van der Waals surface area contributed by atoms with Gasteiger partial charge in [0.15, 0.2) is 0 Å². The molecule has 0 amide bonds. The number of carbonyl (C=O) groups is 2. The lowest BCUT2D eigenvalue weighted by Gasteiger charge is -2.44. The molecule has 1 aliphatic heterocycles. The SMILES string of the molecule is CC#Cc1cc(C)c(C2C(=O)CC3(CCN(S(=O)(=O)Cc4ccon4)CC3)CC2=O)c(C)c1. The summed E-state index contributed by atoms with van der Waals surface area (Å²) in [5.41, 5.74) is 3.40. The molecule has 4 rings (SSSR count). The minimum absolute atomic E-state index is 0.0642. The van der Waals surface area contributed by atoms with Gasteiger partial charge in [0.05, 0.1) is 5.69 Å². The van der Waals surface area contributed by atoms with Crippen molar-refractivity contribution in [3.63, 3.8) is 0 Å². The standard InChI is InChI=1S/C25H28N2O5S/c1-4-5-19-12-17(2)23(18(3)13-19)24-21(28)14-25(15-22(24)29)7-9-27(10-8-25)33(30,31)16-20-6-11-32-26-20/h6,11-13,24H,7-10,14-16H2,1-3H3. The Morgan fingerprint density at radius 1 is 1.12 bits per heavy atom. The van der Waals surface area contributed by atoms with Crippen LogP contribution in [-0.2, 0) is 25.4 Å². The summed E-state index contributed by atoms with van der Waals surface area (Å²) in [4.78, 5) is 26.6. The molecule has 1 aromatic carbocycles. The van der Waals surface area contributed by atoms with Crippen molar-refractivity contribution in [3.8, 4) is 11.8 Å². The molecule has 1 saturated carbocycles. The van der Waals surface area contributed by atoms with Crippen molar-refractivity contribution in [1.82, 2.24) is 9.46 Å². The van der Waals surface area contributed by atoms with Crippen LogP contribution < -0.4 is 0 Å². The zero-order chi connectivity index (χ0) is 23.8. The lowest BCUT2D eigenvalue weighted by atomic mass is 9.63. The Kier molecular flexibility index (Phi) is 6.30. The second-order valence-electron chi connectivity index (χ2n) is 9.26. The molecule has 1 spiro atoms. The fourth-order valence-electron chi connectivity index (χ4n) is 5.34. The fourth-order valence-corrected chi connectivity index (χ4v) is 6.78. The molecule has 1 saturated heterocycles. The van der Waals surface area contributed by atoms with Crippen LogP contribution in [0.5, 0.6) is 0 Å². The number of piperidine rings is 1. The third-order valence-electron chi connectivity index (χ3n) is 6.89. The number of rotatable bonds is 4. The van der Waals surface area contributed by atoms with E-state index in [2.05, 4.69) is 17.0 Å². The van der Waals surface area contributed by atoms with E-state index in [9.17, 15) is 18.0 Å². The van der Waals surface area contributed by atoms with Crippen LogP contribution in [0.1, 0.15) is 66.5 Å². The number of aryl methyl sites for hydroxylation is 2. The van der Waals surface area contributed by atoms with Gasteiger partial charge in [0.25, 0.3) is 0 Å². The molecular formula is C25H28N2O5S. The van der Waals surface area contributed by atoms with E-state index in [0.717, 1.165) is 22.3 Å². The number of sulfonamides is 1. The molecule has 7 nitrogen and oxygen atoms in total. The van der Waals surface area contributed by atoms with Gasteiger partial charge in [-0.15, -0.1) is 5.92 Å². The first kappa shape index (κ1) is 23.4. The molecule has 1 aliphatic carbocycles. The molecule has 0 bridgehead atoms. The Labute approximate surface area is 194 Å². The van der Waals surface area contributed by atoms with E-state index in [4.69, 9.17) is 4.52 Å². The van der Waals surface area contributed by atoms with Crippen LogP contribution in [0.4, 0.5) is 0 Å². The van der Waals surface area contributed by atoms with E-state index >= 15 is 0 Å². The van der Waals surface area contributed by atoms with Crippen LogP contribution in [0.2, 0.25) is 0 Å². The zero-order valence-corrected chi connectivity index (χ0v) is 20.0. The Morgan fingerprint density at radius 2 is 1.73 bits per heavy atom. The number of benzene rings is 1. The van der Waals surface area contributed by atoms with Gasteiger partial charge in [-0.2, -0.15) is 0 Å². The number of hydrogen-bond acceptors (Lipinski definition) is 6. The smallest absolute Gasteiger partial charge is 0.219 e. The largest absolute Gasteiger partial charge is 0.364 e. The first-order valence-electron chi connectivity index (χ1n) is 11.1. The summed E-state index contributed by atoms with van der Waals surface area (Å²) < 4.78 is 31.6. The molecule has 8 heteroatoms. The summed E-state index contributed by atoms with van der Waals surface area (Å²) in [6.45, 7) is 6.22. The molecular weight excluding hydrogens is 440 g/mol. The molecule has 0 atom stereocenters. The maximum atomic E-state index is 13.3. The van der Waals surface area contributed by atoms with Gasteiger partial charge in [-0.3, -0.25) is 9.59 Å². The van der Waals surface area contributed by atoms with Crippen molar-refractivity contribution >= 4 is 21.6 Å². The number of Topliss-reactive ketones (excluding diaryl/α,β-unsaturated/α-hetero) is 2.